The number of hydrogen-bond donors (Lipinski definition) is 0. The Morgan fingerprint density at radius 1 is 0.596 bits per heavy atom. The smallest absolute Gasteiger partial charge is 0.157 e. The fraction of sp³-hybridized carbons (Fsp3) is 0.0250. The molecule has 0 saturated carbocycles. The van der Waals surface area contributed by atoms with E-state index in [1.807, 2.05) is 104 Å². The van der Waals surface area contributed by atoms with Crippen molar-refractivity contribution in [1.82, 2.24) is 25.1 Å². The van der Waals surface area contributed by atoms with Crippen molar-refractivity contribution in [3.05, 3.63) is 187 Å². The molecule has 6 nitrogen and oxygen atoms in total. The molecule has 7 heteroatoms. The molecule has 3 aromatic carbocycles. The van der Waals surface area contributed by atoms with E-state index in [1.165, 1.54) is 16.7 Å². The summed E-state index contributed by atoms with van der Waals surface area (Å²) < 4.78 is 5.21. The Bertz CT molecular complexity index is 2220. The molecular formula is C40H25IrN5O-2. The molecule has 0 unspecified atom stereocenters. The van der Waals surface area contributed by atoms with Gasteiger partial charge >= 0.3 is 0 Å². The third-order valence-corrected chi connectivity index (χ3v) is 8.25. The molecule has 227 valence electrons. The maximum absolute atomic E-state index is 5.21. The van der Waals surface area contributed by atoms with Gasteiger partial charge in [0.1, 0.15) is 0 Å². The second-order valence-corrected chi connectivity index (χ2v) is 10.8. The van der Waals surface area contributed by atoms with E-state index in [0.29, 0.717) is 0 Å². The second-order valence-electron chi connectivity index (χ2n) is 10.8. The fourth-order valence-electron chi connectivity index (χ4n) is 6.38. The summed E-state index contributed by atoms with van der Waals surface area (Å²) in [6.07, 6.45) is 10.1. The van der Waals surface area contributed by atoms with Gasteiger partial charge in [-0.1, -0.05) is 84.1 Å². The van der Waals surface area contributed by atoms with Crippen LogP contribution in [-0.4, -0.2) is 25.1 Å². The van der Waals surface area contributed by atoms with Gasteiger partial charge in [-0.3, -0.25) is 9.97 Å². The quantitative estimate of drug-likeness (QED) is 0.167. The minimum absolute atomic E-state index is 0. The van der Waals surface area contributed by atoms with Crippen LogP contribution < -0.4 is 0 Å². The predicted molar refractivity (Wildman–Crippen MR) is 177 cm³/mol. The molecule has 0 fully saturated rings. The number of benzene rings is 3. The van der Waals surface area contributed by atoms with Crippen LogP contribution in [0.1, 0.15) is 22.5 Å². The zero-order valence-corrected chi connectivity index (χ0v) is 27.3. The number of pyridine rings is 4. The van der Waals surface area contributed by atoms with E-state index in [0.717, 1.165) is 50.4 Å². The van der Waals surface area contributed by atoms with E-state index in [4.69, 9.17) is 14.5 Å². The maximum atomic E-state index is 5.21. The van der Waals surface area contributed by atoms with Crippen LogP contribution in [0.15, 0.2) is 157 Å². The zero-order chi connectivity index (χ0) is 30.8. The van der Waals surface area contributed by atoms with Crippen molar-refractivity contribution in [1.29, 1.82) is 0 Å². The van der Waals surface area contributed by atoms with Crippen molar-refractivity contribution in [3.8, 4) is 33.6 Å². The standard InChI is InChI=1S/C28H18N3.C12H7N2O.Ir/c1-2-13-23-20(10-1)21-11-9-12-22(24-14-3-6-17-29-24)27(21)28(23,25-15-4-7-18-30-25)26-16-5-8-19-31-26;1-2-6-11-10(5-1)12(14-15-11)9-4-3-7-13-8-9;/h1-11,13-19H;1-7H;/q2*-1;. The molecule has 0 spiro atoms. The maximum Gasteiger partial charge on any atom is 0.157 e. The van der Waals surface area contributed by atoms with Crippen molar-refractivity contribution >= 4 is 11.0 Å². The van der Waals surface area contributed by atoms with Gasteiger partial charge in [0.05, 0.1) is 16.8 Å². The summed E-state index contributed by atoms with van der Waals surface area (Å²) in [5.74, 6) is 0. The third-order valence-electron chi connectivity index (χ3n) is 8.25. The van der Waals surface area contributed by atoms with Crippen LogP contribution in [-0.2, 0) is 25.5 Å². The largest absolute Gasteiger partial charge is 0.366 e. The Morgan fingerprint density at radius 2 is 1.30 bits per heavy atom. The topological polar surface area (TPSA) is 77.6 Å². The van der Waals surface area contributed by atoms with Gasteiger partial charge in [0, 0.05) is 49.8 Å². The summed E-state index contributed by atoms with van der Waals surface area (Å²) in [6.45, 7) is 0. The van der Waals surface area contributed by atoms with Gasteiger partial charge in [-0.05, 0) is 59.4 Å². The first kappa shape index (κ1) is 30.1. The Kier molecular flexibility index (Phi) is 8.32. The van der Waals surface area contributed by atoms with E-state index in [2.05, 4.69) is 69.9 Å². The molecule has 1 aliphatic rings. The summed E-state index contributed by atoms with van der Waals surface area (Å²) in [4.78, 5) is 18.3. The first-order chi connectivity index (χ1) is 22.9. The van der Waals surface area contributed by atoms with Crippen molar-refractivity contribution in [3.63, 3.8) is 0 Å². The number of hydrogen-bond acceptors (Lipinski definition) is 6. The molecule has 0 N–H and O–H groups in total. The fourth-order valence-corrected chi connectivity index (χ4v) is 6.38. The van der Waals surface area contributed by atoms with Crippen LogP contribution in [0, 0.1) is 12.3 Å². The second kappa shape index (κ2) is 13.0. The van der Waals surface area contributed by atoms with Crippen molar-refractivity contribution in [2.75, 3.05) is 0 Å². The van der Waals surface area contributed by atoms with Crippen LogP contribution in [0.5, 0.6) is 0 Å². The van der Waals surface area contributed by atoms with E-state index >= 15 is 0 Å². The molecule has 0 atom stereocenters. The van der Waals surface area contributed by atoms with Gasteiger partial charge in [-0.15, -0.1) is 46.6 Å². The molecule has 5 aromatic heterocycles. The van der Waals surface area contributed by atoms with Crippen molar-refractivity contribution in [2.45, 2.75) is 5.41 Å². The first-order valence-electron chi connectivity index (χ1n) is 14.9. The van der Waals surface area contributed by atoms with Crippen LogP contribution in [0.4, 0.5) is 0 Å². The van der Waals surface area contributed by atoms with Gasteiger partial charge < -0.3 is 14.5 Å². The average molecular weight is 784 g/mol. The van der Waals surface area contributed by atoms with E-state index in [-0.39, 0.29) is 20.1 Å². The Morgan fingerprint density at radius 3 is 2.00 bits per heavy atom. The van der Waals surface area contributed by atoms with Crippen molar-refractivity contribution in [2.24, 2.45) is 0 Å². The number of aromatic nitrogens is 5. The number of rotatable bonds is 4. The zero-order valence-electron chi connectivity index (χ0n) is 24.9. The van der Waals surface area contributed by atoms with Crippen LogP contribution in [0.3, 0.4) is 0 Å². The van der Waals surface area contributed by atoms with E-state index in [9.17, 15) is 0 Å². The minimum atomic E-state index is -0.654. The Balaban J connectivity index is 0.000000184. The van der Waals surface area contributed by atoms with Gasteiger partial charge in [0.25, 0.3) is 0 Å². The molecule has 9 rings (SSSR count). The van der Waals surface area contributed by atoms with Gasteiger partial charge in [0.15, 0.2) is 5.58 Å². The average Bonchev–Trinajstić information content (AvgIpc) is 3.72. The Labute approximate surface area is 285 Å². The van der Waals surface area contributed by atoms with Crippen LogP contribution in [0.2, 0.25) is 0 Å². The van der Waals surface area contributed by atoms with Gasteiger partial charge in [0.2, 0.25) is 0 Å². The molecule has 0 amide bonds. The molecule has 47 heavy (non-hydrogen) atoms. The molecule has 5 heterocycles. The minimum Gasteiger partial charge on any atom is -0.366 e. The molecular weight excluding hydrogens is 759 g/mol. The molecule has 0 aliphatic heterocycles. The first-order valence-corrected chi connectivity index (χ1v) is 14.9. The SMILES string of the molecule is [Ir].[c-]1ccc2c(c1-c1ccccn1)C(c1ccccn1)(c1ccccn1)c1ccccc1-2.[c-]1ncccc1-c1noc2ccccc12. The van der Waals surface area contributed by atoms with E-state index < -0.39 is 5.41 Å². The Hall–Kier alpha value is -5.62. The summed E-state index contributed by atoms with van der Waals surface area (Å²) in [5.41, 5.74) is 10.2. The monoisotopic (exact) mass is 784 g/mol. The van der Waals surface area contributed by atoms with Gasteiger partial charge in [-0.2, -0.15) is 0 Å². The predicted octanol–water partition coefficient (Wildman–Crippen LogP) is 8.39. The van der Waals surface area contributed by atoms with Crippen LogP contribution in [0.25, 0.3) is 44.6 Å². The van der Waals surface area contributed by atoms with Crippen LogP contribution >= 0.6 is 0 Å². The molecule has 0 saturated heterocycles. The normalized spacial score (nSPS) is 12.3. The summed E-state index contributed by atoms with van der Waals surface area (Å²) in [5, 5.41) is 5.01. The summed E-state index contributed by atoms with van der Waals surface area (Å²) >= 11 is 0. The number of para-hydroxylation sites is 1. The number of fused-ring (bicyclic) bond motifs is 4. The molecule has 0 bridgehead atoms. The van der Waals surface area contributed by atoms with Crippen molar-refractivity contribution < 1.29 is 24.6 Å². The summed E-state index contributed by atoms with van der Waals surface area (Å²) in [7, 11) is 0. The third kappa shape index (κ3) is 5.16. The molecule has 1 radical (unpaired) electrons. The number of nitrogens with zero attached hydrogens (tertiary/aromatic N) is 5. The van der Waals surface area contributed by atoms with E-state index in [1.54, 1.807) is 6.20 Å². The molecule has 8 aromatic rings. The molecule has 1 aliphatic carbocycles. The van der Waals surface area contributed by atoms with Gasteiger partial charge in [-0.25, -0.2) is 0 Å². The summed E-state index contributed by atoms with van der Waals surface area (Å²) in [6, 6.07) is 45.9.